The van der Waals surface area contributed by atoms with Gasteiger partial charge in [0.05, 0.1) is 9.40 Å². The first-order valence-electron chi connectivity index (χ1n) is 5.59. The minimum Gasteiger partial charge on any atom is -0.322 e. The van der Waals surface area contributed by atoms with E-state index in [1.165, 1.54) is 24.3 Å². The molecule has 2 aromatic rings. The van der Waals surface area contributed by atoms with E-state index in [0.29, 0.717) is 0 Å². The molecular weight excluding hydrogens is 367 g/mol. The van der Waals surface area contributed by atoms with Crippen molar-refractivity contribution in [2.24, 2.45) is 0 Å². The number of carbonyl (C=O) groups is 1. The van der Waals surface area contributed by atoms with Crippen LogP contribution in [0.3, 0.4) is 0 Å². The number of anilines is 1. The number of hydrogen-bond acceptors (Lipinski definition) is 3. The highest BCUT2D eigenvalue weighted by molar-refractivity contribution is 9.10. The second kappa shape index (κ2) is 6.19. The number of carbonyl (C=O) groups excluding carboxylic acids is 1. The van der Waals surface area contributed by atoms with Crippen molar-refractivity contribution < 1.29 is 14.1 Å². The average molecular weight is 374 g/mol. The van der Waals surface area contributed by atoms with E-state index < -0.39 is 16.6 Å². The monoisotopic (exact) mass is 372 g/mol. The molecule has 0 aliphatic rings. The Balaban J connectivity index is 2.25. The lowest BCUT2D eigenvalue weighted by molar-refractivity contribution is -0.384. The molecule has 0 aliphatic heterocycles. The Labute approximate surface area is 132 Å². The molecule has 0 heterocycles. The van der Waals surface area contributed by atoms with E-state index in [-0.39, 0.29) is 26.4 Å². The predicted molar refractivity (Wildman–Crippen MR) is 80.2 cm³/mol. The molecule has 0 radical (unpaired) electrons. The van der Waals surface area contributed by atoms with E-state index in [2.05, 4.69) is 21.2 Å². The van der Waals surface area contributed by atoms with Crippen LogP contribution in [-0.4, -0.2) is 10.8 Å². The zero-order valence-corrected chi connectivity index (χ0v) is 12.6. The van der Waals surface area contributed by atoms with Gasteiger partial charge in [0.2, 0.25) is 0 Å². The van der Waals surface area contributed by atoms with E-state index in [9.17, 15) is 19.3 Å². The number of nitrogens with zero attached hydrogens (tertiary/aromatic N) is 1. The Kier molecular flexibility index (Phi) is 4.54. The van der Waals surface area contributed by atoms with Gasteiger partial charge in [-0.25, -0.2) is 4.39 Å². The molecule has 0 saturated heterocycles. The van der Waals surface area contributed by atoms with E-state index in [0.717, 1.165) is 12.1 Å². The quantitative estimate of drug-likeness (QED) is 0.640. The number of nitro benzene ring substituents is 1. The molecule has 1 N–H and O–H groups in total. The Bertz CT molecular complexity index is 739. The van der Waals surface area contributed by atoms with Gasteiger partial charge in [-0.2, -0.15) is 0 Å². The standard InChI is InChI=1S/C13H7BrClFN2O3/c14-9-3-1-7(5-11(9)16)13(19)17-8-2-4-10(15)12(6-8)18(20)21/h1-6H,(H,17,19). The molecule has 0 saturated carbocycles. The van der Waals surface area contributed by atoms with Crippen molar-refractivity contribution in [2.45, 2.75) is 0 Å². The number of benzene rings is 2. The first-order chi connectivity index (χ1) is 9.88. The summed E-state index contributed by atoms with van der Waals surface area (Å²) >= 11 is 8.66. The topological polar surface area (TPSA) is 72.2 Å². The highest BCUT2D eigenvalue weighted by atomic mass is 79.9. The molecule has 0 fully saturated rings. The van der Waals surface area contributed by atoms with Crippen LogP contribution in [0.5, 0.6) is 0 Å². The maximum atomic E-state index is 13.4. The van der Waals surface area contributed by atoms with Gasteiger partial charge in [0.1, 0.15) is 10.8 Å². The second-order valence-corrected chi connectivity index (χ2v) is 5.27. The number of nitrogens with one attached hydrogen (secondary N) is 1. The van der Waals surface area contributed by atoms with Crippen molar-refractivity contribution in [3.8, 4) is 0 Å². The van der Waals surface area contributed by atoms with Crippen molar-refractivity contribution in [3.63, 3.8) is 0 Å². The van der Waals surface area contributed by atoms with E-state index in [4.69, 9.17) is 11.6 Å². The summed E-state index contributed by atoms with van der Waals surface area (Å²) in [5.74, 6) is -1.16. The number of rotatable bonds is 3. The molecule has 21 heavy (non-hydrogen) atoms. The fourth-order valence-corrected chi connectivity index (χ4v) is 2.00. The zero-order chi connectivity index (χ0) is 15.6. The van der Waals surface area contributed by atoms with Gasteiger partial charge in [-0.3, -0.25) is 14.9 Å². The van der Waals surface area contributed by atoms with Crippen molar-refractivity contribution in [3.05, 3.63) is 67.4 Å². The minimum atomic E-state index is -0.655. The SMILES string of the molecule is O=C(Nc1ccc(Cl)c([N+](=O)[O-])c1)c1ccc(Br)c(F)c1. The van der Waals surface area contributed by atoms with Crippen molar-refractivity contribution in [2.75, 3.05) is 5.32 Å². The summed E-state index contributed by atoms with van der Waals surface area (Å²) in [5, 5.41) is 13.2. The van der Waals surface area contributed by atoms with Crippen LogP contribution < -0.4 is 5.32 Å². The van der Waals surface area contributed by atoms with Crippen LogP contribution in [-0.2, 0) is 0 Å². The third-order valence-corrected chi connectivity index (χ3v) is 3.55. The summed E-state index contributed by atoms with van der Waals surface area (Å²) in [7, 11) is 0. The summed E-state index contributed by atoms with van der Waals surface area (Å²) in [6.07, 6.45) is 0. The van der Waals surface area contributed by atoms with Crippen LogP contribution in [0, 0.1) is 15.9 Å². The lowest BCUT2D eigenvalue weighted by atomic mass is 10.2. The maximum absolute atomic E-state index is 13.4. The molecule has 2 rings (SSSR count). The summed E-state index contributed by atoms with van der Waals surface area (Å²) in [5.41, 5.74) is -0.0378. The third kappa shape index (κ3) is 3.56. The summed E-state index contributed by atoms with van der Waals surface area (Å²) in [6, 6.07) is 7.74. The zero-order valence-electron chi connectivity index (χ0n) is 10.3. The second-order valence-electron chi connectivity index (χ2n) is 4.01. The van der Waals surface area contributed by atoms with Crippen LogP contribution in [0.1, 0.15) is 10.4 Å². The number of nitro groups is 1. The van der Waals surface area contributed by atoms with Gasteiger partial charge < -0.3 is 5.32 Å². The normalized spacial score (nSPS) is 10.2. The van der Waals surface area contributed by atoms with Crippen LogP contribution in [0.25, 0.3) is 0 Å². The molecule has 0 unspecified atom stereocenters. The Morgan fingerprint density at radius 1 is 1.29 bits per heavy atom. The average Bonchev–Trinajstić information content (AvgIpc) is 2.43. The molecule has 0 atom stereocenters. The molecule has 8 heteroatoms. The molecule has 0 bridgehead atoms. The summed E-state index contributed by atoms with van der Waals surface area (Å²) < 4.78 is 13.6. The van der Waals surface area contributed by atoms with Crippen LogP contribution in [0.15, 0.2) is 40.9 Å². The highest BCUT2D eigenvalue weighted by Crippen LogP contribution is 2.27. The van der Waals surface area contributed by atoms with E-state index >= 15 is 0 Å². The lowest BCUT2D eigenvalue weighted by Crippen LogP contribution is -2.12. The van der Waals surface area contributed by atoms with Gasteiger partial charge >= 0.3 is 0 Å². The molecule has 108 valence electrons. The highest BCUT2D eigenvalue weighted by Gasteiger charge is 2.15. The molecule has 2 aromatic carbocycles. The van der Waals surface area contributed by atoms with Crippen molar-refractivity contribution in [1.29, 1.82) is 0 Å². The first kappa shape index (κ1) is 15.4. The van der Waals surface area contributed by atoms with Gasteiger partial charge in [0.25, 0.3) is 11.6 Å². The minimum absolute atomic E-state index is 0.0346. The van der Waals surface area contributed by atoms with Gasteiger partial charge in [0.15, 0.2) is 0 Å². The van der Waals surface area contributed by atoms with Gasteiger partial charge in [0, 0.05) is 17.3 Å². The Morgan fingerprint density at radius 2 is 2.00 bits per heavy atom. The number of halogens is 3. The smallest absolute Gasteiger partial charge is 0.289 e. The van der Waals surface area contributed by atoms with E-state index in [1.807, 2.05) is 0 Å². The molecule has 0 spiro atoms. The lowest BCUT2D eigenvalue weighted by Gasteiger charge is -2.06. The summed E-state index contributed by atoms with van der Waals surface area (Å²) in [6.45, 7) is 0. The summed E-state index contributed by atoms with van der Waals surface area (Å²) in [4.78, 5) is 22.1. The van der Waals surface area contributed by atoms with Crippen LogP contribution in [0.4, 0.5) is 15.8 Å². The van der Waals surface area contributed by atoms with Crippen LogP contribution in [0.2, 0.25) is 5.02 Å². The van der Waals surface area contributed by atoms with Gasteiger partial charge in [-0.1, -0.05) is 11.6 Å². The fraction of sp³-hybridized carbons (Fsp3) is 0. The first-order valence-corrected chi connectivity index (χ1v) is 6.76. The predicted octanol–water partition coefficient (Wildman–Crippen LogP) is 4.40. The Hall–Kier alpha value is -1.99. The molecular formula is C13H7BrClFN2O3. The molecule has 0 aliphatic carbocycles. The molecule has 1 amide bonds. The van der Waals surface area contributed by atoms with Gasteiger partial charge in [-0.15, -0.1) is 0 Å². The molecule has 5 nitrogen and oxygen atoms in total. The van der Waals surface area contributed by atoms with E-state index in [1.54, 1.807) is 0 Å². The fourth-order valence-electron chi connectivity index (χ4n) is 1.57. The third-order valence-electron chi connectivity index (χ3n) is 2.58. The number of amides is 1. The maximum Gasteiger partial charge on any atom is 0.289 e. The van der Waals surface area contributed by atoms with Crippen LogP contribution >= 0.6 is 27.5 Å². The van der Waals surface area contributed by atoms with Crippen molar-refractivity contribution >= 4 is 44.8 Å². The molecule has 0 aromatic heterocycles. The van der Waals surface area contributed by atoms with Crippen molar-refractivity contribution in [1.82, 2.24) is 0 Å². The number of hydrogen-bond donors (Lipinski definition) is 1. The Morgan fingerprint density at radius 3 is 2.62 bits per heavy atom. The largest absolute Gasteiger partial charge is 0.322 e. The van der Waals surface area contributed by atoms with Gasteiger partial charge in [-0.05, 0) is 46.3 Å².